The van der Waals surface area contributed by atoms with Gasteiger partial charge >= 0.3 is 12.1 Å². The Morgan fingerprint density at radius 1 is 1.14 bits per heavy atom. The fourth-order valence-electron chi connectivity index (χ4n) is 5.74. The highest BCUT2D eigenvalue weighted by atomic mass is 35.5. The molecule has 0 aromatic heterocycles. The number of rotatable bonds is 11. The van der Waals surface area contributed by atoms with Gasteiger partial charge in [-0.15, -0.1) is 0 Å². The number of halogens is 1. The highest BCUT2D eigenvalue weighted by molar-refractivity contribution is 6.30. The van der Waals surface area contributed by atoms with Crippen LogP contribution in [0.5, 0.6) is 0 Å². The van der Waals surface area contributed by atoms with Crippen LogP contribution in [0.2, 0.25) is 5.02 Å². The summed E-state index contributed by atoms with van der Waals surface area (Å²) in [6.07, 6.45) is 9.74. The summed E-state index contributed by atoms with van der Waals surface area (Å²) >= 11 is 6.32. The Hall–Kier alpha value is -2.03. The predicted molar refractivity (Wildman–Crippen MR) is 147 cm³/mol. The second kappa shape index (κ2) is 16.0. The predicted octanol–water partition coefficient (Wildman–Crippen LogP) is 5.12. The number of amides is 3. The standard InChI is InChI=1S/C28H45ClN4O4/c1-30-19-25(17-21-9-4-3-5-10-21)32-27(34)33-15-7-6-11-23(20-33)26(22-12-8-13-24(29)18-22)37-16-14-31-28(35)36-2/h8,12-13,18,21,23,25-26,30H,3-7,9-11,14-17,19-20H2,1-2H3,(H,31,35)(H,32,34)/t23-,25+,26-/m1/s1. The molecule has 1 aliphatic heterocycles. The van der Waals surface area contributed by atoms with Crippen molar-refractivity contribution in [1.29, 1.82) is 0 Å². The number of nitrogens with one attached hydrogen (secondary N) is 3. The van der Waals surface area contributed by atoms with Crippen molar-refractivity contribution in [3.8, 4) is 0 Å². The number of hydrogen-bond donors (Lipinski definition) is 3. The molecule has 3 rings (SSSR count). The van der Waals surface area contributed by atoms with Crippen molar-refractivity contribution in [2.45, 2.75) is 69.9 Å². The normalized spacial score (nSPS) is 20.5. The van der Waals surface area contributed by atoms with Crippen LogP contribution in [0.15, 0.2) is 24.3 Å². The van der Waals surface area contributed by atoms with Crippen LogP contribution in [0.25, 0.3) is 0 Å². The van der Waals surface area contributed by atoms with E-state index in [2.05, 4.69) is 20.7 Å². The Morgan fingerprint density at radius 3 is 2.65 bits per heavy atom. The minimum absolute atomic E-state index is 0.0140. The summed E-state index contributed by atoms with van der Waals surface area (Å²) in [5, 5.41) is 9.93. The molecule has 2 fully saturated rings. The molecule has 208 valence electrons. The number of alkyl carbamates (subject to hydrolysis) is 1. The third-order valence-electron chi connectivity index (χ3n) is 7.58. The van der Waals surface area contributed by atoms with E-state index in [1.807, 2.05) is 36.2 Å². The molecule has 1 aromatic rings. The molecule has 2 aliphatic rings. The number of likely N-dealkylation sites (tertiary alicyclic amines) is 1. The molecule has 0 bridgehead atoms. The van der Waals surface area contributed by atoms with Crippen LogP contribution in [0.3, 0.4) is 0 Å². The first-order valence-electron chi connectivity index (χ1n) is 13.9. The van der Waals surface area contributed by atoms with Gasteiger partial charge in [0, 0.05) is 43.2 Å². The Bertz CT molecular complexity index is 836. The zero-order valence-corrected chi connectivity index (χ0v) is 23.2. The zero-order chi connectivity index (χ0) is 26.5. The van der Waals surface area contributed by atoms with Crippen LogP contribution in [0.4, 0.5) is 9.59 Å². The molecule has 0 spiro atoms. The molecule has 37 heavy (non-hydrogen) atoms. The molecule has 1 aromatic carbocycles. The third kappa shape index (κ3) is 9.98. The number of methoxy groups -OCH3 is 1. The average Bonchev–Trinajstić information content (AvgIpc) is 3.15. The Balaban J connectivity index is 1.66. The minimum Gasteiger partial charge on any atom is -0.453 e. The molecule has 1 heterocycles. The van der Waals surface area contributed by atoms with Gasteiger partial charge in [0.05, 0.1) is 19.8 Å². The van der Waals surface area contributed by atoms with Crippen LogP contribution < -0.4 is 16.0 Å². The summed E-state index contributed by atoms with van der Waals surface area (Å²) in [6, 6.07) is 7.87. The lowest BCUT2D eigenvalue weighted by molar-refractivity contribution is 0.00413. The quantitative estimate of drug-likeness (QED) is 0.341. The molecule has 1 aliphatic carbocycles. The Labute approximate surface area is 227 Å². The first kappa shape index (κ1) is 29.5. The summed E-state index contributed by atoms with van der Waals surface area (Å²) in [7, 11) is 3.29. The van der Waals surface area contributed by atoms with Gasteiger partial charge in [-0.3, -0.25) is 0 Å². The van der Waals surface area contributed by atoms with Gasteiger partial charge < -0.3 is 30.3 Å². The van der Waals surface area contributed by atoms with E-state index in [4.69, 9.17) is 16.3 Å². The van der Waals surface area contributed by atoms with E-state index in [0.717, 1.165) is 44.3 Å². The molecular formula is C28H45ClN4O4. The van der Waals surface area contributed by atoms with E-state index in [0.29, 0.717) is 30.6 Å². The third-order valence-corrected chi connectivity index (χ3v) is 7.81. The number of carbonyl (C=O) groups excluding carboxylic acids is 2. The molecule has 1 saturated carbocycles. The number of benzene rings is 1. The lowest BCUT2D eigenvalue weighted by Gasteiger charge is -2.33. The maximum Gasteiger partial charge on any atom is 0.406 e. The van der Waals surface area contributed by atoms with E-state index >= 15 is 0 Å². The summed E-state index contributed by atoms with van der Waals surface area (Å²) in [5.41, 5.74) is 0.989. The lowest BCUT2D eigenvalue weighted by atomic mass is 9.85. The molecule has 8 nitrogen and oxygen atoms in total. The van der Waals surface area contributed by atoms with Gasteiger partial charge in [-0.25, -0.2) is 9.59 Å². The topological polar surface area (TPSA) is 91.9 Å². The monoisotopic (exact) mass is 536 g/mol. The number of nitrogens with zero attached hydrogens (tertiary/aromatic N) is 1. The molecule has 3 atom stereocenters. The molecule has 0 unspecified atom stereocenters. The largest absolute Gasteiger partial charge is 0.453 e. The van der Waals surface area contributed by atoms with E-state index in [-0.39, 0.29) is 24.1 Å². The number of hydrogen-bond acceptors (Lipinski definition) is 5. The summed E-state index contributed by atoms with van der Waals surface area (Å²) in [6.45, 7) is 2.81. The molecular weight excluding hydrogens is 492 g/mol. The second-order valence-electron chi connectivity index (χ2n) is 10.4. The van der Waals surface area contributed by atoms with Crippen molar-refractivity contribution >= 4 is 23.7 Å². The summed E-state index contributed by atoms with van der Waals surface area (Å²) in [4.78, 5) is 26.9. The van der Waals surface area contributed by atoms with Crippen molar-refractivity contribution in [2.24, 2.45) is 11.8 Å². The SMILES string of the molecule is CNC[C@H](CC1CCCCC1)NC(=O)N1CCCC[C@@H]([C@H](OCCNC(=O)OC)c2cccc(Cl)c2)C1. The number of ether oxygens (including phenoxy) is 2. The fraction of sp³-hybridized carbons (Fsp3) is 0.714. The van der Waals surface area contributed by atoms with Gasteiger partial charge in [0.1, 0.15) is 0 Å². The smallest absolute Gasteiger partial charge is 0.406 e. The van der Waals surface area contributed by atoms with Crippen molar-refractivity contribution < 1.29 is 19.1 Å². The highest BCUT2D eigenvalue weighted by Gasteiger charge is 2.31. The average molecular weight is 537 g/mol. The molecule has 1 saturated heterocycles. The molecule has 3 amide bonds. The van der Waals surface area contributed by atoms with E-state index in [1.54, 1.807) is 0 Å². The van der Waals surface area contributed by atoms with Gasteiger partial charge in [-0.05, 0) is 49.9 Å². The maximum absolute atomic E-state index is 13.5. The van der Waals surface area contributed by atoms with E-state index in [1.165, 1.54) is 39.2 Å². The Morgan fingerprint density at radius 2 is 1.92 bits per heavy atom. The number of likely N-dealkylation sites (N-methyl/N-ethyl adjacent to an activating group) is 1. The Kier molecular flexibility index (Phi) is 12.8. The summed E-state index contributed by atoms with van der Waals surface area (Å²) in [5.74, 6) is 0.814. The van der Waals surface area contributed by atoms with Gasteiger partial charge in [0.2, 0.25) is 0 Å². The highest BCUT2D eigenvalue weighted by Crippen LogP contribution is 2.34. The first-order valence-corrected chi connectivity index (χ1v) is 14.3. The number of carbonyl (C=O) groups is 2. The second-order valence-corrected chi connectivity index (χ2v) is 10.8. The van der Waals surface area contributed by atoms with Crippen molar-refractivity contribution in [2.75, 3.05) is 46.9 Å². The van der Waals surface area contributed by atoms with Gasteiger partial charge in [-0.2, -0.15) is 0 Å². The van der Waals surface area contributed by atoms with Crippen LogP contribution in [0.1, 0.15) is 69.5 Å². The van der Waals surface area contributed by atoms with Crippen LogP contribution in [0, 0.1) is 11.8 Å². The van der Waals surface area contributed by atoms with Crippen LogP contribution in [-0.2, 0) is 9.47 Å². The first-order chi connectivity index (χ1) is 18.0. The summed E-state index contributed by atoms with van der Waals surface area (Å²) < 4.78 is 11.0. The van der Waals surface area contributed by atoms with Crippen LogP contribution >= 0.6 is 11.6 Å². The van der Waals surface area contributed by atoms with Crippen molar-refractivity contribution in [1.82, 2.24) is 20.9 Å². The zero-order valence-electron chi connectivity index (χ0n) is 22.5. The van der Waals surface area contributed by atoms with Crippen molar-refractivity contribution in [3.63, 3.8) is 0 Å². The van der Waals surface area contributed by atoms with Gasteiger partial charge in [0.25, 0.3) is 0 Å². The number of urea groups is 1. The molecule has 0 radical (unpaired) electrons. The van der Waals surface area contributed by atoms with Gasteiger partial charge in [0.15, 0.2) is 0 Å². The van der Waals surface area contributed by atoms with Crippen molar-refractivity contribution in [3.05, 3.63) is 34.9 Å². The molecule has 3 N–H and O–H groups in total. The van der Waals surface area contributed by atoms with Gasteiger partial charge in [-0.1, -0.05) is 62.3 Å². The van der Waals surface area contributed by atoms with Crippen LogP contribution in [-0.4, -0.2) is 70.0 Å². The molecule has 9 heteroatoms. The maximum atomic E-state index is 13.5. The minimum atomic E-state index is -0.482. The van der Waals surface area contributed by atoms with E-state index < -0.39 is 6.09 Å². The fourth-order valence-corrected chi connectivity index (χ4v) is 5.94. The lowest BCUT2D eigenvalue weighted by Crippen LogP contribution is -2.50. The van der Waals surface area contributed by atoms with E-state index in [9.17, 15) is 9.59 Å².